The molecule has 4 heteroatoms. The lowest BCUT2D eigenvalue weighted by Crippen LogP contribution is -2.37. The van der Waals surface area contributed by atoms with E-state index in [0.29, 0.717) is 0 Å². The monoisotopic (exact) mass is 222 g/mol. The van der Waals surface area contributed by atoms with E-state index in [1.807, 2.05) is 17.9 Å². The molecule has 0 bridgehead atoms. The summed E-state index contributed by atoms with van der Waals surface area (Å²) in [5, 5.41) is 7.70. The predicted molar refractivity (Wildman–Crippen MR) is 65.2 cm³/mol. The van der Waals surface area contributed by atoms with E-state index < -0.39 is 0 Å². The van der Waals surface area contributed by atoms with Crippen LogP contribution in [0.2, 0.25) is 0 Å². The second kappa shape index (κ2) is 5.46. The third kappa shape index (κ3) is 2.62. The molecule has 1 atom stereocenters. The Bertz CT molecular complexity index is 321. The summed E-state index contributed by atoms with van der Waals surface area (Å²) in [4.78, 5) is 2.57. The lowest BCUT2D eigenvalue weighted by Gasteiger charge is -2.22. The van der Waals surface area contributed by atoms with E-state index in [1.54, 1.807) is 0 Å². The normalized spacial score (nSPS) is 21.8. The van der Waals surface area contributed by atoms with E-state index in [0.717, 1.165) is 19.1 Å². The van der Waals surface area contributed by atoms with Gasteiger partial charge >= 0.3 is 0 Å². The van der Waals surface area contributed by atoms with Crippen LogP contribution in [0.25, 0.3) is 0 Å². The van der Waals surface area contributed by atoms with E-state index in [4.69, 9.17) is 0 Å². The fraction of sp³-hybridized carbons (Fsp3) is 0.750. The summed E-state index contributed by atoms with van der Waals surface area (Å²) in [7, 11) is 1.99. The molecule has 0 saturated carbocycles. The Labute approximate surface area is 97.6 Å². The minimum atomic E-state index is 0.734. The van der Waals surface area contributed by atoms with Crippen molar-refractivity contribution in [2.24, 2.45) is 7.05 Å². The average Bonchev–Trinajstić information content (AvgIpc) is 2.88. The number of hydrogen-bond donors (Lipinski definition) is 1. The molecular weight excluding hydrogens is 200 g/mol. The molecule has 1 aromatic rings. The van der Waals surface area contributed by atoms with Crippen LogP contribution < -0.4 is 5.32 Å². The summed E-state index contributed by atoms with van der Waals surface area (Å²) in [6.07, 6.45) is 4.54. The molecule has 16 heavy (non-hydrogen) atoms. The smallest absolute Gasteiger partial charge is 0.0518 e. The maximum absolute atomic E-state index is 4.16. The van der Waals surface area contributed by atoms with Crippen LogP contribution >= 0.6 is 0 Å². The summed E-state index contributed by atoms with van der Waals surface area (Å²) >= 11 is 0. The topological polar surface area (TPSA) is 33.1 Å². The minimum Gasteiger partial charge on any atom is -0.310 e. The van der Waals surface area contributed by atoms with Gasteiger partial charge in [-0.15, -0.1) is 0 Å². The van der Waals surface area contributed by atoms with Crippen molar-refractivity contribution in [3.63, 3.8) is 0 Å². The van der Waals surface area contributed by atoms with Crippen LogP contribution in [0, 0.1) is 0 Å². The molecular formula is C12H22N4. The van der Waals surface area contributed by atoms with Crippen molar-refractivity contribution in [1.82, 2.24) is 20.0 Å². The third-order valence-corrected chi connectivity index (χ3v) is 3.51. The summed E-state index contributed by atoms with van der Waals surface area (Å²) in [6, 6.07) is 2.80. The van der Waals surface area contributed by atoms with Crippen molar-refractivity contribution in [2.45, 2.75) is 32.4 Å². The van der Waals surface area contributed by atoms with Crippen molar-refractivity contribution in [1.29, 1.82) is 0 Å². The number of nitrogens with zero attached hydrogens (tertiary/aromatic N) is 3. The van der Waals surface area contributed by atoms with Gasteiger partial charge in [0.25, 0.3) is 0 Å². The van der Waals surface area contributed by atoms with Gasteiger partial charge < -0.3 is 5.32 Å². The number of likely N-dealkylation sites (N-methyl/N-ethyl adjacent to an activating group) is 1. The molecule has 1 unspecified atom stereocenters. The van der Waals surface area contributed by atoms with Crippen LogP contribution in [-0.2, 0) is 13.6 Å². The van der Waals surface area contributed by atoms with E-state index in [2.05, 4.69) is 28.3 Å². The van der Waals surface area contributed by atoms with Gasteiger partial charge in [0, 0.05) is 32.4 Å². The fourth-order valence-corrected chi connectivity index (χ4v) is 2.48. The van der Waals surface area contributed by atoms with Crippen molar-refractivity contribution in [2.75, 3.05) is 19.6 Å². The fourth-order valence-electron chi connectivity index (χ4n) is 2.48. The average molecular weight is 222 g/mol. The largest absolute Gasteiger partial charge is 0.310 e. The Morgan fingerprint density at radius 2 is 2.44 bits per heavy atom. The second-order valence-corrected chi connectivity index (χ2v) is 4.50. The van der Waals surface area contributed by atoms with E-state index in [1.165, 1.54) is 31.6 Å². The van der Waals surface area contributed by atoms with Crippen molar-refractivity contribution in [3.05, 3.63) is 18.0 Å². The minimum absolute atomic E-state index is 0.734. The Balaban J connectivity index is 1.74. The lowest BCUT2D eigenvalue weighted by molar-refractivity contribution is 0.259. The van der Waals surface area contributed by atoms with Gasteiger partial charge in [-0.2, -0.15) is 5.10 Å². The van der Waals surface area contributed by atoms with Gasteiger partial charge in [0.05, 0.1) is 5.69 Å². The molecule has 1 aliphatic heterocycles. The Hall–Kier alpha value is -0.870. The zero-order valence-electron chi connectivity index (χ0n) is 10.3. The first kappa shape index (κ1) is 11.6. The molecule has 1 aromatic heterocycles. The van der Waals surface area contributed by atoms with Crippen LogP contribution in [0.15, 0.2) is 12.3 Å². The van der Waals surface area contributed by atoms with E-state index in [9.17, 15) is 0 Å². The molecule has 0 spiro atoms. The second-order valence-electron chi connectivity index (χ2n) is 4.50. The van der Waals surface area contributed by atoms with Gasteiger partial charge in [0.1, 0.15) is 0 Å². The Morgan fingerprint density at radius 3 is 3.12 bits per heavy atom. The lowest BCUT2D eigenvalue weighted by atomic mass is 10.2. The molecule has 1 aliphatic rings. The number of nitrogens with one attached hydrogen (secondary N) is 1. The van der Waals surface area contributed by atoms with E-state index in [-0.39, 0.29) is 0 Å². The number of hydrogen-bond acceptors (Lipinski definition) is 3. The molecule has 0 aromatic carbocycles. The molecule has 0 radical (unpaired) electrons. The van der Waals surface area contributed by atoms with Crippen molar-refractivity contribution < 1.29 is 0 Å². The first-order valence-corrected chi connectivity index (χ1v) is 6.23. The molecule has 1 fully saturated rings. The van der Waals surface area contributed by atoms with Crippen LogP contribution in [0.1, 0.15) is 25.5 Å². The number of rotatable bonds is 5. The van der Waals surface area contributed by atoms with Gasteiger partial charge in [-0.1, -0.05) is 6.92 Å². The standard InChI is InChI=1S/C12H22N4/c1-3-16-8-4-5-12(16)10-13-9-11-6-7-14-15(11)2/h6-7,12-13H,3-5,8-10H2,1-2H3. The van der Waals surface area contributed by atoms with Gasteiger partial charge in [-0.05, 0) is 32.0 Å². The van der Waals surface area contributed by atoms with Gasteiger partial charge in [0.15, 0.2) is 0 Å². The zero-order chi connectivity index (χ0) is 11.4. The maximum Gasteiger partial charge on any atom is 0.0518 e. The number of aryl methyl sites for hydroxylation is 1. The predicted octanol–water partition coefficient (Wildman–Crippen LogP) is 0.994. The van der Waals surface area contributed by atoms with Crippen LogP contribution in [0.3, 0.4) is 0 Å². The van der Waals surface area contributed by atoms with Gasteiger partial charge in [-0.3, -0.25) is 9.58 Å². The first-order chi connectivity index (χ1) is 7.81. The summed E-state index contributed by atoms with van der Waals surface area (Å²) in [5.41, 5.74) is 1.25. The van der Waals surface area contributed by atoms with Crippen LogP contribution in [-0.4, -0.2) is 40.4 Å². The molecule has 90 valence electrons. The Kier molecular flexibility index (Phi) is 3.96. The van der Waals surface area contributed by atoms with Crippen LogP contribution in [0.4, 0.5) is 0 Å². The summed E-state index contributed by atoms with van der Waals surface area (Å²) in [6.45, 7) is 6.72. The number of aromatic nitrogens is 2. The SMILES string of the molecule is CCN1CCCC1CNCc1ccnn1C. The summed E-state index contributed by atoms with van der Waals surface area (Å²) < 4.78 is 1.93. The van der Waals surface area contributed by atoms with Gasteiger partial charge in [0.2, 0.25) is 0 Å². The highest BCUT2D eigenvalue weighted by Gasteiger charge is 2.22. The van der Waals surface area contributed by atoms with E-state index >= 15 is 0 Å². The third-order valence-electron chi connectivity index (χ3n) is 3.51. The molecule has 2 heterocycles. The van der Waals surface area contributed by atoms with Crippen molar-refractivity contribution in [3.8, 4) is 0 Å². The Morgan fingerprint density at radius 1 is 1.56 bits per heavy atom. The zero-order valence-corrected chi connectivity index (χ0v) is 10.3. The molecule has 1 saturated heterocycles. The molecule has 1 N–H and O–H groups in total. The maximum atomic E-state index is 4.16. The highest BCUT2D eigenvalue weighted by Crippen LogP contribution is 2.15. The molecule has 4 nitrogen and oxygen atoms in total. The number of likely N-dealkylation sites (tertiary alicyclic amines) is 1. The molecule has 0 aliphatic carbocycles. The van der Waals surface area contributed by atoms with Gasteiger partial charge in [-0.25, -0.2) is 0 Å². The van der Waals surface area contributed by atoms with Crippen molar-refractivity contribution >= 4 is 0 Å². The molecule has 0 amide bonds. The highest BCUT2D eigenvalue weighted by atomic mass is 15.3. The quantitative estimate of drug-likeness (QED) is 0.806. The highest BCUT2D eigenvalue weighted by molar-refractivity contribution is 4.99. The summed E-state index contributed by atoms with van der Waals surface area (Å²) in [5.74, 6) is 0. The first-order valence-electron chi connectivity index (χ1n) is 6.23. The molecule has 2 rings (SSSR count). The van der Waals surface area contributed by atoms with Crippen LogP contribution in [0.5, 0.6) is 0 Å².